The molecule has 0 saturated carbocycles. The van der Waals surface area contributed by atoms with Crippen molar-refractivity contribution >= 4 is 52.2 Å². The molecule has 3 heterocycles. The Morgan fingerprint density at radius 1 is 1.12 bits per heavy atom. The molecule has 3 aromatic rings. The molecule has 1 aliphatic heterocycles. The zero-order valence-electron chi connectivity index (χ0n) is 31.0. The SMILES string of the molecule is CC.CC.CN1CC(C)(F)C1.CNc1cnc2c(cc(C(=O)NCc3ccc(Cl)cc3)c(=O)n2CC=O)c1NCCOCC(=O)OC(C)(C)C. The lowest BCUT2D eigenvalue weighted by atomic mass is 10.0. The van der Waals surface area contributed by atoms with Gasteiger partial charge in [-0.3, -0.25) is 19.1 Å². The summed E-state index contributed by atoms with van der Waals surface area (Å²) < 4.78 is 24.2. The van der Waals surface area contributed by atoms with E-state index in [1.54, 1.807) is 59.0 Å². The first-order chi connectivity index (χ1) is 23.6. The molecule has 12 nitrogen and oxygen atoms in total. The summed E-state index contributed by atoms with van der Waals surface area (Å²) in [5.74, 6) is -1.07. The monoisotopic (exact) mass is 720 g/mol. The van der Waals surface area contributed by atoms with Crippen molar-refractivity contribution in [3.8, 4) is 0 Å². The van der Waals surface area contributed by atoms with E-state index in [9.17, 15) is 23.6 Å². The third-order valence-electron chi connectivity index (χ3n) is 6.64. The number of carbonyl (C=O) groups is 3. The summed E-state index contributed by atoms with van der Waals surface area (Å²) in [4.78, 5) is 55.8. The zero-order chi connectivity index (χ0) is 38.1. The minimum absolute atomic E-state index is 0.141. The smallest absolute Gasteiger partial charge is 0.332 e. The van der Waals surface area contributed by atoms with Crippen LogP contribution < -0.4 is 21.5 Å². The number of likely N-dealkylation sites (tertiary alicyclic amines) is 1. The predicted molar refractivity (Wildman–Crippen MR) is 199 cm³/mol. The number of rotatable bonds is 12. The van der Waals surface area contributed by atoms with Gasteiger partial charge in [0, 0.05) is 43.6 Å². The van der Waals surface area contributed by atoms with Crippen LogP contribution in [-0.2, 0) is 32.2 Å². The molecule has 0 atom stereocenters. The zero-order valence-corrected chi connectivity index (χ0v) is 31.8. The molecule has 50 heavy (non-hydrogen) atoms. The standard InChI is InChI=1S/C27H32ClN5O6.C5H10FN.2C2H6/c1-27(2,3)39-22(35)16-38-12-9-30-23-19-13-20(25(36)32-14-17-5-7-18(28)8-6-17)26(37)33(10-11-34)24(19)31-15-21(23)29-4;1-5(6)3-7(2)4-5;2*1-2/h5-8,11,13,15,29H,9-10,12,14,16H2,1-4H3,(H,30,31)(H,32,36);3-4H2,1-2H3;2*1-2H3. The Balaban J connectivity index is 0.000000983. The van der Waals surface area contributed by atoms with E-state index >= 15 is 0 Å². The number of hydrogen-bond acceptors (Lipinski definition) is 10. The third-order valence-corrected chi connectivity index (χ3v) is 6.89. The van der Waals surface area contributed by atoms with Gasteiger partial charge in [0.2, 0.25) is 0 Å². The van der Waals surface area contributed by atoms with Crippen molar-refractivity contribution in [3.63, 3.8) is 0 Å². The largest absolute Gasteiger partial charge is 0.458 e. The van der Waals surface area contributed by atoms with Gasteiger partial charge >= 0.3 is 5.97 Å². The summed E-state index contributed by atoms with van der Waals surface area (Å²) in [5.41, 5.74) is -0.0844. The molecule has 0 aliphatic carbocycles. The number of nitrogens with one attached hydrogen (secondary N) is 3. The molecule has 1 saturated heterocycles. The summed E-state index contributed by atoms with van der Waals surface area (Å²) in [5, 5.41) is 10.0. The average Bonchev–Trinajstić information content (AvgIpc) is 3.05. The minimum atomic E-state index is -0.880. The van der Waals surface area contributed by atoms with Gasteiger partial charge in [-0.05, 0) is 58.5 Å². The van der Waals surface area contributed by atoms with Crippen LogP contribution in [0.4, 0.5) is 15.8 Å². The van der Waals surface area contributed by atoms with Crippen LogP contribution >= 0.6 is 11.6 Å². The van der Waals surface area contributed by atoms with Crippen molar-refractivity contribution in [3.05, 3.63) is 63.0 Å². The predicted octanol–water partition coefficient (Wildman–Crippen LogP) is 5.70. The van der Waals surface area contributed by atoms with Crippen LogP contribution in [0.15, 0.2) is 41.3 Å². The number of amides is 1. The van der Waals surface area contributed by atoms with Gasteiger partial charge < -0.3 is 30.2 Å². The lowest BCUT2D eigenvalue weighted by molar-refractivity contribution is -0.160. The number of hydrogen-bond donors (Lipinski definition) is 3. The second-order valence-corrected chi connectivity index (χ2v) is 12.6. The highest BCUT2D eigenvalue weighted by molar-refractivity contribution is 6.30. The molecule has 2 aromatic heterocycles. The summed E-state index contributed by atoms with van der Waals surface area (Å²) in [6.07, 6.45) is 2.09. The lowest BCUT2D eigenvalue weighted by Gasteiger charge is -2.39. The van der Waals surface area contributed by atoms with E-state index in [0.717, 1.165) is 10.1 Å². The van der Waals surface area contributed by atoms with E-state index in [2.05, 4.69) is 20.9 Å². The van der Waals surface area contributed by atoms with E-state index in [4.69, 9.17) is 21.1 Å². The van der Waals surface area contributed by atoms with Crippen LogP contribution in [0.5, 0.6) is 0 Å². The molecule has 3 N–H and O–H groups in total. The summed E-state index contributed by atoms with van der Waals surface area (Å²) >= 11 is 5.92. The van der Waals surface area contributed by atoms with Gasteiger partial charge in [0.25, 0.3) is 11.5 Å². The van der Waals surface area contributed by atoms with Crippen LogP contribution in [0.1, 0.15) is 71.3 Å². The van der Waals surface area contributed by atoms with E-state index in [1.807, 2.05) is 39.6 Å². The summed E-state index contributed by atoms with van der Waals surface area (Å²) in [7, 11) is 3.62. The Morgan fingerprint density at radius 2 is 1.74 bits per heavy atom. The molecule has 4 rings (SSSR count). The van der Waals surface area contributed by atoms with Crippen LogP contribution in [-0.4, -0.2) is 90.8 Å². The second-order valence-electron chi connectivity index (χ2n) is 12.1. The number of anilines is 2. The molecule has 278 valence electrons. The van der Waals surface area contributed by atoms with Gasteiger partial charge in [0.15, 0.2) is 0 Å². The fraction of sp³-hybridized carbons (Fsp3) is 0.528. The van der Waals surface area contributed by atoms with Crippen molar-refractivity contribution in [1.29, 1.82) is 0 Å². The van der Waals surface area contributed by atoms with Gasteiger partial charge in [-0.25, -0.2) is 14.2 Å². The second kappa shape index (κ2) is 21.2. The molecule has 0 unspecified atom stereocenters. The maximum atomic E-state index is 13.2. The van der Waals surface area contributed by atoms with Gasteiger partial charge in [0.1, 0.15) is 35.4 Å². The number of pyridine rings is 2. The molecule has 1 fully saturated rings. The van der Waals surface area contributed by atoms with Crippen molar-refractivity contribution in [2.75, 3.05) is 57.6 Å². The first kappa shape index (κ1) is 44.0. The van der Waals surface area contributed by atoms with Gasteiger partial charge in [-0.1, -0.05) is 51.4 Å². The number of ether oxygens (including phenoxy) is 2. The molecular formula is C36H54ClFN6O6. The van der Waals surface area contributed by atoms with Crippen LogP contribution in [0, 0.1) is 0 Å². The van der Waals surface area contributed by atoms with Gasteiger partial charge in [-0.15, -0.1) is 0 Å². The quantitative estimate of drug-likeness (QED) is 0.121. The van der Waals surface area contributed by atoms with Crippen LogP contribution in [0.25, 0.3) is 11.0 Å². The Labute approximate surface area is 300 Å². The first-order valence-corrected chi connectivity index (χ1v) is 17.1. The molecule has 1 aromatic carbocycles. The minimum Gasteiger partial charge on any atom is -0.458 e. The lowest BCUT2D eigenvalue weighted by Crippen LogP contribution is -2.54. The Bertz CT molecular complexity index is 1580. The topological polar surface area (TPSA) is 144 Å². The van der Waals surface area contributed by atoms with Crippen molar-refractivity contribution < 1.29 is 28.2 Å². The summed E-state index contributed by atoms with van der Waals surface area (Å²) in [6.45, 7) is 16.3. The van der Waals surface area contributed by atoms with Gasteiger partial charge in [-0.2, -0.15) is 0 Å². The van der Waals surface area contributed by atoms with Crippen molar-refractivity contribution in [1.82, 2.24) is 19.8 Å². The van der Waals surface area contributed by atoms with Crippen LogP contribution in [0.3, 0.4) is 0 Å². The number of carbonyl (C=O) groups excluding carboxylic acids is 3. The van der Waals surface area contributed by atoms with E-state index in [1.165, 1.54) is 12.3 Å². The molecule has 0 radical (unpaired) electrons. The number of benzene rings is 1. The highest BCUT2D eigenvalue weighted by Crippen LogP contribution is 2.29. The molecule has 0 bridgehead atoms. The number of alkyl halides is 1. The Morgan fingerprint density at radius 3 is 2.24 bits per heavy atom. The Hall–Kier alpha value is -4.07. The fourth-order valence-corrected chi connectivity index (χ4v) is 4.96. The first-order valence-electron chi connectivity index (χ1n) is 16.8. The number of aromatic nitrogens is 2. The van der Waals surface area contributed by atoms with Crippen molar-refractivity contribution in [2.45, 2.75) is 79.7 Å². The van der Waals surface area contributed by atoms with E-state index in [-0.39, 0.29) is 37.5 Å². The maximum absolute atomic E-state index is 13.2. The highest BCUT2D eigenvalue weighted by atomic mass is 35.5. The van der Waals surface area contributed by atoms with E-state index < -0.39 is 28.7 Å². The number of fused-ring (bicyclic) bond motifs is 1. The normalized spacial score (nSPS) is 13.1. The Kier molecular flexibility index (Phi) is 18.6. The highest BCUT2D eigenvalue weighted by Gasteiger charge is 2.35. The summed E-state index contributed by atoms with van der Waals surface area (Å²) in [6, 6.07) is 8.40. The molecule has 0 spiro atoms. The molecule has 1 aliphatic rings. The van der Waals surface area contributed by atoms with Crippen molar-refractivity contribution in [2.24, 2.45) is 0 Å². The fourth-order valence-electron chi connectivity index (χ4n) is 4.84. The molecule has 1 amide bonds. The number of esters is 1. The number of halogens is 2. The van der Waals surface area contributed by atoms with Gasteiger partial charge in [0.05, 0.1) is 30.7 Å². The number of nitrogens with zero attached hydrogens (tertiary/aromatic N) is 3. The molecule has 14 heteroatoms. The third kappa shape index (κ3) is 14.0. The average molecular weight is 721 g/mol. The number of aldehydes is 1. The molecular weight excluding hydrogens is 667 g/mol. The van der Waals surface area contributed by atoms with Crippen LogP contribution in [0.2, 0.25) is 5.02 Å². The van der Waals surface area contributed by atoms with E-state index in [0.29, 0.717) is 47.7 Å². The maximum Gasteiger partial charge on any atom is 0.332 e.